The quantitative estimate of drug-likeness (QED) is 0.603. The van der Waals surface area contributed by atoms with E-state index in [1.165, 1.54) is 17.3 Å². The second kappa shape index (κ2) is 7.67. The molecule has 0 unspecified atom stereocenters. The summed E-state index contributed by atoms with van der Waals surface area (Å²) in [4.78, 5) is 15.0. The first-order valence-electron chi connectivity index (χ1n) is 9.12. The van der Waals surface area contributed by atoms with Crippen molar-refractivity contribution in [2.45, 2.75) is 36.8 Å². The Hall–Kier alpha value is -2.80. The van der Waals surface area contributed by atoms with Gasteiger partial charge < -0.3 is 14.1 Å². The zero-order valence-electron chi connectivity index (χ0n) is 16.0. The molecule has 1 aromatic heterocycles. The third-order valence-corrected chi connectivity index (χ3v) is 5.74. The Morgan fingerprint density at radius 2 is 1.96 bits per heavy atom. The van der Waals surface area contributed by atoms with Gasteiger partial charge in [-0.05, 0) is 56.2 Å². The van der Waals surface area contributed by atoms with E-state index in [9.17, 15) is 4.79 Å². The first-order chi connectivity index (χ1) is 13.6. The Balaban J connectivity index is 1.47. The third kappa shape index (κ3) is 3.49. The van der Waals surface area contributed by atoms with Crippen LogP contribution in [0.25, 0.3) is 11.5 Å². The van der Waals surface area contributed by atoms with Gasteiger partial charge in [-0.2, -0.15) is 0 Å². The highest BCUT2D eigenvalue weighted by atomic mass is 32.2. The second-order valence-corrected chi connectivity index (χ2v) is 8.04. The van der Waals surface area contributed by atoms with Gasteiger partial charge in [0.05, 0.1) is 12.4 Å². The van der Waals surface area contributed by atoms with Crippen LogP contribution in [0.1, 0.15) is 19.4 Å². The molecule has 28 heavy (non-hydrogen) atoms. The van der Waals surface area contributed by atoms with E-state index in [0.29, 0.717) is 11.1 Å². The number of benzene rings is 2. The highest BCUT2D eigenvalue weighted by Crippen LogP contribution is 2.35. The number of amides is 1. The first kappa shape index (κ1) is 18.6. The SMILES string of the molecule is COc1ccc(-c2nnc(S[C@H](C)C(=O)N3c4ccccc4C[C@@H]3C)o2)cc1. The van der Waals surface area contributed by atoms with Gasteiger partial charge in [0, 0.05) is 17.3 Å². The van der Waals surface area contributed by atoms with Gasteiger partial charge in [-0.3, -0.25) is 4.79 Å². The lowest BCUT2D eigenvalue weighted by atomic mass is 10.1. The Bertz CT molecular complexity index is 987. The van der Waals surface area contributed by atoms with E-state index in [1.54, 1.807) is 7.11 Å². The summed E-state index contributed by atoms with van der Waals surface area (Å²) in [6, 6.07) is 15.6. The van der Waals surface area contributed by atoms with Gasteiger partial charge in [0.15, 0.2) is 0 Å². The van der Waals surface area contributed by atoms with Crippen LogP contribution in [-0.4, -0.2) is 34.5 Å². The van der Waals surface area contributed by atoms with Gasteiger partial charge in [-0.25, -0.2) is 0 Å². The normalized spacial score (nSPS) is 16.7. The van der Waals surface area contributed by atoms with Crippen molar-refractivity contribution in [3.8, 4) is 17.2 Å². The molecule has 2 atom stereocenters. The van der Waals surface area contributed by atoms with Crippen molar-refractivity contribution >= 4 is 23.4 Å². The van der Waals surface area contributed by atoms with E-state index in [-0.39, 0.29) is 17.2 Å². The van der Waals surface area contributed by atoms with Crippen molar-refractivity contribution in [2.75, 3.05) is 12.0 Å². The summed E-state index contributed by atoms with van der Waals surface area (Å²) in [5.74, 6) is 1.23. The second-order valence-electron chi connectivity index (χ2n) is 6.75. The number of thioether (sulfide) groups is 1. The number of nitrogens with zero attached hydrogens (tertiary/aromatic N) is 3. The number of carbonyl (C=O) groups excluding carboxylic acids is 1. The van der Waals surface area contributed by atoms with E-state index in [0.717, 1.165) is 23.4 Å². The van der Waals surface area contributed by atoms with Gasteiger partial charge in [0.25, 0.3) is 5.22 Å². The molecule has 3 aromatic rings. The lowest BCUT2D eigenvalue weighted by molar-refractivity contribution is -0.118. The molecule has 0 saturated carbocycles. The topological polar surface area (TPSA) is 68.5 Å². The molecule has 1 aliphatic rings. The van der Waals surface area contributed by atoms with Crippen LogP contribution >= 0.6 is 11.8 Å². The summed E-state index contributed by atoms with van der Waals surface area (Å²) in [5.41, 5.74) is 3.01. The molecule has 0 fully saturated rings. The average molecular weight is 395 g/mol. The van der Waals surface area contributed by atoms with Crippen molar-refractivity contribution in [3.63, 3.8) is 0 Å². The maximum Gasteiger partial charge on any atom is 0.277 e. The van der Waals surface area contributed by atoms with E-state index in [1.807, 2.05) is 54.3 Å². The number of anilines is 1. The zero-order chi connectivity index (χ0) is 19.7. The predicted octanol–water partition coefficient (Wildman–Crippen LogP) is 4.20. The van der Waals surface area contributed by atoms with Crippen molar-refractivity contribution in [2.24, 2.45) is 0 Å². The minimum atomic E-state index is -0.335. The predicted molar refractivity (Wildman–Crippen MR) is 109 cm³/mol. The molecule has 0 spiro atoms. The monoisotopic (exact) mass is 395 g/mol. The number of fused-ring (bicyclic) bond motifs is 1. The Morgan fingerprint density at radius 1 is 1.21 bits per heavy atom. The summed E-state index contributed by atoms with van der Waals surface area (Å²) in [5, 5.41) is 8.24. The number of hydrogen-bond donors (Lipinski definition) is 0. The molecule has 4 rings (SSSR count). The maximum absolute atomic E-state index is 13.1. The van der Waals surface area contributed by atoms with Gasteiger partial charge >= 0.3 is 0 Å². The van der Waals surface area contributed by atoms with E-state index < -0.39 is 0 Å². The molecule has 0 N–H and O–H groups in total. The number of ether oxygens (including phenoxy) is 1. The van der Waals surface area contributed by atoms with Crippen molar-refractivity contribution in [1.29, 1.82) is 0 Å². The standard InChI is InChI=1S/C21H21N3O3S/c1-13-12-16-6-4-5-7-18(16)24(13)20(25)14(2)28-21-23-22-19(27-21)15-8-10-17(26-3)11-9-15/h4-11,13-14H,12H2,1-3H3/t13-,14+/m0/s1. The number of carbonyl (C=O) groups is 1. The van der Waals surface area contributed by atoms with Crippen LogP contribution in [-0.2, 0) is 11.2 Å². The van der Waals surface area contributed by atoms with Crippen molar-refractivity contribution < 1.29 is 13.9 Å². The maximum atomic E-state index is 13.1. The molecule has 7 heteroatoms. The van der Waals surface area contributed by atoms with Gasteiger partial charge in [0.2, 0.25) is 11.8 Å². The molecule has 0 radical (unpaired) electrons. The average Bonchev–Trinajstić information content (AvgIpc) is 3.31. The van der Waals surface area contributed by atoms with Gasteiger partial charge in [-0.1, -0.05) is 30.0 Å². The smallest absolute Gasteiger partial charge is 0.277 e. The van der Waals surface area contributed by atoms with Crippen LogP contribution in [0, 0.1) is 0 Å². The summed E-state index contributed by atoms with van der Waals surface area (Å²) in [6.07, 6.45) is 0.876. The number of rotatable bonds is 5. The lowest BCUT2D eigenvalue weighted by Crippen LogP contribution is -2.40. The number of hydrogen-bond acceptors (Lipinski definition) is 6. The summed E-state index contributed by atoms with van der Waals surface area (Å²) < 4.78 is 10.9. The molecular weight excluding hydrogens is 374 g/mol. The molecule has 6 nitrogen and oxygen atoms in total. The Morgan fingerprint density at radius 3 is 2.71 bits per heavy atom. The van der Waals surface area contributed by atoms with Crippen LogP contribution in [0.5, 0.6) is 5.75 Å². The van der Waals surface area contributed by atoms with E-state index in [4.69, 9.17) is 9.15 Å². The molecule has 0 bridgehead atoms. The molecule has 0 aliphatic carbocycles. The summed E-state index contributed by atoms with van der Waals surface area (Å²) >= 11 is 1.28. The zero-order valence-corrected chi connectivity index (χ0v) is 16.8. The molecule has 144 valence electrons. The molecule has 2 heterocycles. The van der Waals surface area contributed by atoms with E-state index >= 15 is 0 Å². The molecule has 1 aliphatic heterocycles. The third-order valence-electron chi connectivity index (χ3n) is 4.81. The Labute approximate surface area is 167 Å². The molecule has 0 saturated heterocycles. The highest BCUT2D eigenvalue weighted by molar-refractivity contribution is 8.00. The molecule has 1 amide bonds. The molecular formula is C21H21N3O3S. The lowest BCUT2D eigenvalue weighted by Gasteiger charge is -2.25. The van der Waals surface area contributed by atoms with Crippen LogP contribution in [0.3, 0.4) is 0 Å². The number of aromatic nitrogens is 2. The van der Waals surface area contributed by atoms with Crippen LogP contribution in [0.4, 0.5) is 5.69 Å². The van der Waals surface area contributed by atoms with Gasteiger partial charge in [-0.15, -0.1) is 10.2 Å². The van der Waals surface area contributed by atoms with E-state index in [2.05, 4.69) is 23.2 Å². The minimum absolute atomic E-state index is 0.0478. The summed E-state index contributed by atoms with van der Waals surface area (Å²) in [7, 11) is 1.62. The minimum Gasteiger partial charge on any atom is -0.497 e. The molecule has 2 aromatic carbocycles. The Kier molecular flexibility index (Phi) is 5.09. The van der Waals surface area contributed by atoms with Gasteiger partial charge in [0.1, 0.15) is 5.75 Å². The highest BCUT2D eigenvalue weighted by Gasteiger charge is 2.34. The van der Waals surface area contributed by atoms with Crippen LogP contribution in [0.15, 0.2) is 58.2 Å². The fourth-order valence-electron chi connectivity index (χ4n) is 3.41. The van der Waals surface area contributed by atoms with Crippen molar-refractivity contribution in [1.82, 2.24) is 10.2 Å². The number of methoxy groups -OCH3 is 1. The summed E-state index contributed by atoms with van der Waals surface area (Å²) in [6.45, 7) is 3.95. The first-order valence-corrected chi connectivity index (χ1v) is 10.0. The van der Waals surface area contributed by atoms with Crippen molar-refractivity contribution in [3.05, 3.63) is 54.1 Å². The van der Waals surface area contributed by atoms with Crippen LogP contribution < -0.4 is 9.64 Å². The fourth-order valence-corrected chi connectivity index (χ4v) is 4.14. The largest absolute Gasteiger partial charge is 0.497 e. The fraction of sp³-hybridized carbons (Fsp3) is 0.286. The number of para-hydroxylation sites is 1. The van der Waals surface area contributed by atoms with Crippen LogP contribution in [0.2, 0.25) is 0 Å².